The molecule has 0 bridgehead atoms. The molecule has 0 spiro atoms. The van der Waals surface area contributed by atoms with Crippen LogP contribution in [0.15, 0.2) is 29.4 Å². The third-order valence-corrected chi connectivity index (χ3v) is 4.35. The lowest BCUT2D eigenvalue weighted by molar-refractivity contribution is 0.0168. The summed E-state index contributed by atoms with van der Waals surface area (Å²) in [6.45, 7) is 5.98. The molecule has 2 amide bonds. The second-order valence-electron chi connectivity index (χ2n) is 8.62. The van der Waals surface area contributed by atoms with Gasteiger partial charge in [-0.1, -0.05) is 11.2 Å². The standard InChI is InChI=1S/C24H29F3N4O6/c1-14-5-6-18(17(25)11-14)30-21-16(22(33)31-36-10-8-32)12-15(19(26)20(21)27)13-29-35-9-7-28-23(34)37-24(2,3)4/h5-6,11-13,30,32H,7-10H2,1-4H3,(H,28,34)(H,31,33)/b29-13+. The Labute approximate surface area is 211 Å². The van der Waals surface area contributed by atoms with Crippen molar-refractivity contribution < 1.29 is 42.3 Å². The zero-order valence-corrected chi connectivity index (χ0v) is 20.8. The number of nitrogens with one attached hydrogen (secondary N) is 3. The highest BCUT2D eigenvalue weighted by molar-refractivity contribution is 6.01. The van der Waals surface area contributed by atoms with E-state index in [4.69, 9.17) is 19.5 Å². The number of ether oxygens (including phenoxy) is 1. The van der Waals surface area contributed by atoms with Gasteiger partial charge in [0.15, 0.2) is 11.6 Å². The highest BCUT2D eigenvalue weighted by Gasteiger charge is 2.23. The Morgan fingerprint density at radius 1 is 1.11 bits per heavy atom. The first-order valence-electron chi connectivity index (χ1n) is 11.1. The minimum atomic E-state index is -1.48. The van der Waals surface area contributed by atoms with Crippen molar-refractivity contribution in [1.82, 2.24) is 10.8 Å². The number of hydrogen-bond acceptors (Lipinski definition) is 8. The van der Waals surface area contributed by atoms with Crippen molar-refractivity contribution in [3.8, 4) is 0 Å². The van der Waals surface area contributed by atoms with Crippen molar-refractivity contribution in [3.63, 3.8) is 0 Å². The Kier molecular flexibility index (Phi) is 10.7. The molecule has 0 fully saturated rings. The summed E-state index contributed by atoms with van der Waals surface area (Å²) >= 11 is 0. The number of aryl methyl sites for hydroxylation is 1. The van der Waals surface area contributed by atoms with Crippen LogP contribution < -0.4 is 16.1 Å². The van der Waals surface area contributed by atoms with Crippen molar-refractivity contribution in [1.29, 1.82) is 0 Å². The first kappa shape index (κ1) is 29.4. The lowest BCUT2D eigenvalue weighted by Gasteiger charge is -2.19. The molecule has 0 radical (unpaired) electrons. The molecular formula is C24H29F3N4O6. The highest BCUT2D eigenvalue weighted by Crippen LogP contribution is 2.30. The van der Waals surface area contributed by atoms with E-state index in [1.807, 2.05) is 5.48 Å². The molecule has 10 nitrogen and oxygen atoms in total. The van der Waals surface area contributed by atoms with Crippen LogP contribution in [0, 0.1) is 24.4 Å². The quantitative estimate of drug-likeness (QED) is 0.200. The zero-order chi connectivity index (χ0) is 27.6. The SMILES string of the molecule is Cc1ccc(Nc2c(C(=O)NOCCO)cc(/C=N/OCCNC(=O)OC(C)(C)C)c(F)c2F)c(F)c1. The van der Waals surface area contributed by atoms with Crippen molar-refractivity contribution in [2.24, 2.45) is 5.16 Å². The van der Waals surface area contributed by atoms with E-state index in [0.717, 1.165) is 12.3 Å². The van der Waals surface area contributed by atoms with Gasteiger partial charge in [0, 0.05) is 5.56 Å². The Morgan fingerprint density at radius 2 is 1.84 bits per heavy atom. The maximum atomic E-state index is 15.0. The number of benzene rings is 2. The summed E-state index contributed by atoms with van der Waals surface area (Å²) in [6.07, 6.45) is 0.161. The number of alkyl carbamates (subject to hydrolysis) is 1. The lowest BCUT2D eigenvalue weighted by Crippen LogP contribution is -2.34. The lowest BCUT2D eigenvalue weighted by atomic mass is 10.1. The van der Waals surface area contributed by atoms with Gasteiger partial charge in [0.05, 0.1) is 42.9 Å². The van der Waals surface area contributed by atoms with Crippen LogP contribution in [0.2, 0.25) is 0 Å². The molecule has 37 heavy (non-hydrogen) atoms. The van der Waals surface area contributed by atoms with Crippen molar-refractivity contribution in [2.45, 2.75) is 33.3 Å². The van der Waals surface area contributed by atoms with Crippen LogP contribution in [0.1, 0.15) is 42.3 Å². The number of aliphatic hydroxyl groups excluding tert-OH is 1. The molecule has 202 valence electrons. The largest absolute Gasteiger partial charge is 0.444 e. The maximum Gasteiger partial charge on any atom is 0.407 e. The molecule has 2 rings (SSSR count). The molecule has 0 heterocycles. The van der Waals surface area contributed by atoms with E-state index < -0.39 is 58.5 Å². The summed E-state index contributed by atoms with van der Waals surface area (Å²) in [4.78, 5) is 33.9. The number of oxime groups is 1. The number of aliphatic hydroxyl groups is 1. The van der Waals surface area contributed by atoms with E-state index in [1.165, 1.54) is 12.1 Å². The Balaban J connectivity index is 2.21. The molecule has 0 aliphatic heterocycles. The maximum absolute atomic E-state index is 15.0. The molecule has 4 N–H and O–H groups in total. The van der Waals surface area contributed by atoms with E-state index in [-0.39, 0.29) is 25.4 Å². The Bertz CT molecular complexity index is 1140. The van der Waals surface area contributed by atoms with E-state index in [1.54, 1.807) is 33.8 Å². The number of halogens is 3. The third-order valence-electron chi connectivity index (χ3n) is 4.35. The van der Waals surface area contributed by atoms with Crippen molar-refractivity contribution in [2.75, 3.05) is 31.7 Å². The van der Waals surface area contributed by atoms with Gasteiger partial charge >= 0.3 is 6.09 Å². The molecule has 0 saturated heterocycles. The van der Waals surface area contributed by atoms with Gasteiger partial charge < -0.3 is 25.3 Å². The smallest absolute Gasteiger partial charge is 0.407 e. The topological polar surface area (TPSA) is 131 Å². The highest BCUT2D eigenvalue weighted by atomic mass is 19.2. The Morgan fingerprint density at radius 3 is 2.49 bits per heavy atom. The van der Waals surface area contributed by atoms with Gasteiger partial charge in [-0.15, -0.1) is 0 Å². The van der Waals surface area contributed by atoms with E-state index in [0.29, 0.717) is 5.56 Å². The first-order chi connectivity index (χ1) is 17.4. The predicted octanol–water partition coefficient (Wildman–Crippen LogP) is 3.68. The number of nitrogens with zero attached hydrogens (tertiary/aromatic N) is 1. The number of rotatable bonds is 11. The normalized spacial score (nSPS) is 11.4. The molecule has 0 atom stereocenters. The van der Waals surface area contributed by atoms with Gasteiger partial charge in [-0.05, 0) is 51.5 Å². The van der Waals surface area contributed by atoms with Gasteiger partial charge in [-0.2, -0.15) is 0 Å². The van der Waals surface area contributed by atoms with Gasteiger partial charge in [-0.25, -0.2) is 23.4 Å². The van der Waals surface area contributed by atoms with E-state index in [9.17, 15) is 18.4 Å². The summed E-state index contributed by atoms with van der Waals surface area (Å²) in [5.41, 5.74) is 0.159. The number of hydroxylamine groups is 1. The number of hydrogen-bond donors (Lipinski definition) is 4. The molecule has 0 saturated carbocycles. The van der Waals surface area contributed by atoms with Gasteiger partial charge in [0.2, 0.25) is 0 Å². The average molecular weight is 527 g/mol. The fourth-order valence-electron chi connectivity index (χ4n) is 2.77. The Hall–Kier alpha value is -3.84. The number of carbonyl (C=O) groups excluding carboxylic acids is 2. The second kappa shape index (κ2) is 13.5. The zero-order valence-electron chi connectivity index (χ0n) is 20.8. The summed E-state index contributed by atoms with van der Waals surface area (Å²) < 4.78 is 49.2. The average Bonchev–Trinajstić information content (AvgIpc) is 2.80. The van der Waals surface area contributed by atoms with Crippen LogP contribution in [0.4, 0.5) is 29.3 Å². The summed E-state index contributed by atoms with van der Waals surface area (Å²) in [7, 11) is 0. The fourth-order valence-corrected chi connectivity index (χ4v) is 2.77. The van der Waals surface area contributed by atoms with Gasteiger partial charge in [0.1, 0.15) is 18.0 Å². The number of anilines is 2. The van der Waals surface area contributed by atoms with Crippen LogP contribution in [0.3, 0.4) is 0 Å². The summed E-state index contributed by atoms with van der Waals surface area (Å²) in [5, 5.41) is 17.2. The summed E-state index contributed by atoms with van der Waals surface area (Å²) in [6, 6.07) is 4.98. The molecule has 0 aromatic heterocycles. The minimum Gasteiger partial charge on any atom is -0.444 e. The fraction of sp³-hybridized carbons (Fsp3) is 0.375. The van der Waals surface area contributed by atoms with Crippen molar-refractivity contribution in [3.05, 3.63) is 58.4 Å². The summed E-state index contributed by atoms with van der Waals surface area (Å²) in [5.74, 6) is -4.62. The second-order valence-corrected chi connectivity index (χ2v) is 8.62. The first-order valence-corrected chi connectivity index (χ1v) is 11.1. The van der Waals surface area contributed by atoms with Gasteiger partial charge in [0.25, 0.3) is 5.91 Å². The number of amides is 2. The molecule has 13 heteroatoms. The monoisotopic (exact) mass is 526 g/mol. The third kappa shape index (κ3) is 9.28. The molecule has 2 aromatic carbocycles. The van der Waals surface area contributed by atoms with E-state index in [2.05, 4.69) is 15.8 Å². The van der Waals surface area contributed by atoms with Crippen molar-refractivity contribution >= 4 is 29.6 Å². The molecular weight excluding hydrogens is 497 g/mol. The van der Waals surface area contributed by atoms with Crippen LogP contribution in [0.5, 0.6) is 0 Å². The van der Waals surface area contributed by atoms with E-state index >= 15 is 4.39 Å². The molecule has 0 unspecified atom stereocenters. The van der Waals surface area contributed by atoms with Crippen LogP contribution >= 0.6 is 0 Å². The molecule has 0 aliphatic rings. The minimum absolute atomic E-state index is 0.0178. The van der Waals surface area contributed by atoms with Crippen LogP contribution in [-0.2, 0) is 14.4 Å². The van der Waals surface area contributed by atoms with Gasteiger partial charge in [-0.3, -0.25) is 9.63 Å². The molecule has 2 aromatic rings. The van der Waals surface area contributed by atoms with Crippen LogP contribution in [-0.4, -0.2) is 55.3 Å². The number of carbonyl (C=O) groups is 2. The predicted molar refractivity (Wildman–Crippen MR) is 129 cm³/mol. The molecule has 0 aliphatic carbocycles. The van der Waals surface area contributed by atoms with Crippen LogP contribution in [0.25, 0.3) is 0 Å².